The smallest absolute Gasteiger partial charge is 0.0510 e. The molecule has 4 rings (SSSR count). The molecule has 2 fully saturated rings. The molecule has 0 atom stereocenters. The normalized spacial score (nSPS) is 19.0. The van der Waals surface area contributed by atoms with Gasteiger partial charge in [0.2, 0.25) is 0 Å². The van der Waals surface area contributed by atoms with Gasteiger partial charge in [0.05, 0.1) is 8.65 Å². The van der Waals surface area contributed by atoms with E-state index in [-0.39, 0.29) is 8.65 Å². The van der Waals surface area contributed by atoms with Crippen LogP contribution in [0.5, 0.6) is 0 Å². The summed E-state index contributed by atoms with van der Waals surface area (Å²) in [7, 11) is 0. The number of halogens is 2. The summed E-state index contributed by atoms with van der Waals surface area (Å²) in [5.41, 5.74) is 6.00. The molecule has 0 aromatic heterocycles. The summed E-state index contributed by atoms with van der Waals surface area (Å²) in [5.74, 6) is 0. The topological polar surface area (TPSA) is 3.24 Å². The van der Waals surface area contributed by atoms with E-state index in [2.05, 4.69) is 92.2 Å². The van der Waals surface area contributed by atoms with Crippen LogP contribution in [0.4, 0.5) is 0 Å². The van der Waals surface area contributed by atoms with Crippen molar-refractivity contribution >= 4 is 31.9 Å². The zero-order chi connectivity index (χ0) is 19.6. The second-order valence-corrected chi connectivity index (χ2v) is 11.7. The van der Waals surface area contributed by atoms with Crippen LogP contribution in [0.15, 0.2) is 48.5 Å². The highest BCUT2D eigenvalue weighted by atomic mass is 79.9. The molecule has 0 amide bonds. The molecular weight excluding hydrogens is 474 g/mol. The van der Waals surface area contributed by atoms with Gasteiger partial charge in [-0.25, -0.2) is 0 Å². The van der Waals surface area contributed by atoms with Crippen molar-refractivity contribution in [2.24, 2.45) is 0 Å². The molecule has 0 saturated heterocycles. The van der Waals surface area contributed by atoms with E-state index in [0.29, 0.717) is 0 Å². The molecule has 0 N–H and O–H groups in total. The lowest BCUT2D eigenvalue weighted by molar-refractivity contribution is 0.262. The number of hydrogen-bond donors (Lipinski definition) is 0. The molecule has 0 bridgehead atoms. The van der Waals surface area contributed by atoms with Crippen LogP contribution in [0.3, 0.4) is 0 Å². The van der Waals surface area contributed by atoms with E-state index in [1.165, 1.54) is 74.7 Å². The highest BCUT2D eigenvalue weighted by Gasteiger charge is 2.49. The van der Waals surface area contributed by atoms with E-state index in [0.717, 1.165) is 6.54 Å². The number of aryl methyl sites for hydroxylation is 1. The summed E-state index contributed by atoms with van der Waals surface area (Å²) in [6.07, 6.45) is 8.69. The first-order valence-electron chi connectivity index (χ1n) is 10.8. The van der Waals surface area contributed by atoms with E-state index in [4.69, 9.17) is 0 Å². The maximum Gasteiger partial charge on any atom is 0.0510 e. The Morgan fingerprint density at radius 2 is 1.50 bits per heavy atom. The van der Waals surface area contributed by atoms with Crippen molar-refractivity contribution in [3.05, 3.63) is 70.8 Å². The predicted molar refractivity (Wildman–Crippen MR) is 126 cm³/mol. The van der Waals surface area contributed by atoms with Gasteiger partial charge in [-0.2, -0.15) is 0 Å². The summed E-state index contributed by atoms with van der Waals surface area (Å²) in [4.78, 5) is 2.61. The van der Waals surface area contributed by atoms with Crippen molar-refractivity contribution in [3.63, 3.8) is 0 Å². The Labute approximate surface area is 187 Å². The first-order valence-corrected chi connectivity index (χ1v) is 12.4. The maximum absolute atomic E-state index is 4.02. The fraction of sp³-hybridized carbons (Fsp3) is 0.520. The molecule has 0 unspecified atom stereocenters. The minimum absolute atomic E-state index is 0.253. The van der Waals surface area contributed by atoms with Crippen LogP contribution in [0.2, 0.25) is 0 Å². The van der Waals surface area contributed by atoms with Crippen LogP contribution in [0, 0.1) is 0 Å². The number of alkyl halides is 2. The van der Waals surface area contributed by atoms with Crippen LogP contribution >= 0.6 is 31.9 Å². The molecule has 2 aromatic carbocycles. The molecule has 2 aromatic rings. The van der Waals surface area contributed by atoms with Crippen LogP contribution in [0.25, 0.3) is 0 Å². The van der Waals surface area contributed by atoms with Crippen molar-refractivity contribution in [1.29, 1.82) is 0 Å². The Bertz CT molecular complexity index is 793. The Kier molecular flexibility index (Phi) is 6.35. The minimum Gasteiger partial charge on any atom is -0.299 e. The van der Waals surface area contributed by atoms with E-state index < -0.39 is 0 Å². The van der Waals surface area contributed by atoms with Crippen LogP contribution in [0.1, 0.15) is 67.7 Å². The third-order valence-electron chi connectivity index (χ3n) is 6.16. The minimum atomic E-state index is 0.253. The second-order valence-electron chi connectivity index (χ2n) is 8.68. The monoisotopic (exact) mass is 503 g/mol. The number of hydrogen-bond acceptors (Lipinski definition) is 1. The summed E-state index contributed by atoms with van der Waals surface area (Å²) in [6.45, 7) is 5.69. The van der Waals surface area contributed by atoms with Crippen LogP contribution in [-0.4, -0.2) is 18.0 Å². The van der Waals surface area contributed by atoms with Gasteiger partial charge in [0.15, 0.2) is 0 Å². The third kappa shape index (κ3) is 4.91. The highest BCUT2D eigenvalue weighted by Crippen LogP contribution is 2.61. The standard InChI is InChI=1S/C25H31Br2N/c1-2-16-28(19-21-7-4-3-5-8-21)17-6-9-20-10-11-22(24(26)12-13-24)23(18-20)25(27)14-15-25/h3-5,7-8,10-11,18H,2,6,9,12-17,19H2,1H3. The largest absolute Gasteiger partial charge is 0.299 e. The Hall–Kier alpha value is -0.640. The molecule has 3 heteroatoms. The SMILES string of the molecule is CCCN(CCCc1ccc(C2(Br)CC2)c(C2(Br)CC2)c1)Cc1ccccc1. The lowest BCUT2D eigenvalue weighted by atomic mass is 9.95. The molecule has 2 saturated carbocycles. The molecule has 1 nitrogen and oxygen atoms in total. The fourth-order valence-corrected chi connectivity index (χ4v) is 5.27. The molecular formula is C25H31Br2N. The Morgan fingerprint density at radius 3 is 2.14 bits per heavy atom. The first-order chi connectivity index (χ1) is 13.5. The number of benzene rings is 2. The van der Waals surface area contributed by atoms with Crippen molar-refractivity contribution in [1.82, 2.24) is 4.90 Å². The van der Waals surface area contributed by atoms with Crippen molar-refractivity contribution < 1.29 is 0 Å². The van der Waals surface area contributed by atoms with Crippen LogP contribution in [-0.2, 0) is 21.6 Å². The highest BCUT2D eigenvalue weighted by molar-refractivity contribution is 9.10. The lowest BCUT2D eigenvalue weighted by Gasteiger charge is -2.22. The van der Waals surface area contributed by atoms with Crippen molar-refractivity contribution in [2.45, 2.75) is 67.1 Å². The maximum atomic E-state index is 4.02. The Balaban J connectivity index is 1.39. The van der Waals surface area contributed by atoms with Gasteiger partial charge in [-0.15, -0.1) is 0 Å². The Morgan fingerprint density at radius 1 is 0.821 bits per heavy atom. The van der Waals surface area contributed by atoms with Crippen molar-refractivity contribution in [2.75, 3.05) is 13.1 Å². The summed E-state index contributed by atoms with van der Waals surface area (Å²) in [6, 6.07) is 18.2. The van der Waals surface area contributed by atoms with E-state index in [9.17, 15) is 0 Å². The second kappa shape index (κ2) is 8.62. The third-order valence-corrected chi connectivity index (χ3v) is 8.60. The van der Waals surface area contributed by atoms with E-state index >= 15 is 0 Å². The average molecular weight is 505 g/mol. The van der Waals surface area contributed by atoms with Gasteiger partial charge in [0, 0.05) is 6.54 Å². The molecule has 2 aliphatic rings. The molecule has 28 heavy (non-hydrogen) atoms. The first kappa shape index (κ1) is 20.6. The van der Waals surface area contributed by atoms with E-state index in [1.807, 2.05) is 0 Å². The molecule has 2 aliphatic carbocycles. The zero-order valence-corrected chi connectivity index (χ0v) is 20.1. The van der Waals surface area contributed by atoms with Crippen LogP contribution < -0.4 is 0 Å². The zero-order valence-electron chi connectivity index (χ0n) is 16.9. The molecule has 0 spiro atoms. The van der Waals surface area contributed by atoms with Gasteiger partial charge >= 0.3 is 0 Å². The van der Waals surface area contributed by atoms with Crippen molar-refractivity contribution in [3.8, 4) is 0 Å². The van der Waals surface area contributed by atoms with Gasteiger partial charge in [-0.05, 0) is 80.3 Å². The quantitative estimate of drug-likeness (QED) is 0.307. The summed E-state index contributed by atoms with van der Waals surface area (Å²) >= 11 is 8.01. The molecule has 0 heterocycles. The van der Waals surface area contributed by atoms with E-state index in [1.54, 1.807) is 5.56 Å². The average Bonchev–Trinajstić information content (AvgIpc) is 3.62. The molecule has 150 valence electrons. The lowest BCUT2D eigenvalue weighted by Crippen LogP contribution is -2.25. The molecule has 0 aliphatic heterocycles. The van der Waals surface area contributed by atoms with Gasteiger partial charge < -0.3 is 0 Å². The summed E-state index contributed by atoms with van der Waals surface area (Å²) < 4.78 is 0.515. The van der Waals surface area contributed by atoms with Gasteiger partial charge in [0.1, 0.15) is 0 Å². The summed E-state index contributed by atoms with van der Waals surface area (Å²) in [5, 5.41) is 0. The van der Waals surface area contributed by atoms with Gasteiger partial charge in [-0.1, -0.05) is 87.3 Å². The number of rotatable bonds is 10. The van der Waals surface area contributed by atoms with Gasteiger partial charge in [-0.3, -0.25) is 4.90 Å². The fourth-order valence-electron chi connectivity index (χ4n) is 4.20. The molecule has 0 radical (unpaired) electrons. The predicted octanol–water partition coefficient (Wildman–Crippen LogP) is 7.30. The van der Waals surface area contributed by atoms with Gasteiger partial charge in [0.25, 0.3) is 0 Å². The number of nitrogens with zero attached hydrogens (tertiary/aromatic N) is 1.